The van der Waals surface area contributed by atoms with Gasteiger partial charge in [-0.2, -0.15) is 5.10 Å². The summed E-state index contributed by atoms with van der Waals surface area (Å²) in [7, 11) is 3.45. The second kappa shape index (κ2) is 10.8. The molecule has 3 heterocycles. The van der Waals surface area contributed by atoms with Gasteiger partial charge >= 0.3 is 0 Å². The third kappa shape index (κ3) is 4.77. The number of nitrogens with zero attached hydrogens (tertiary/aromatic N) is 4. The Morgan fingerprint density at radius 2 is 1.92 bits per heavy atom. The van der Waals surface area contributed by atoms with Crippen molar-refractivity contribution in [3.05, 3.63) is 69.3 Å². The quantitative estimate of drug-likeness (QED) is 0.566. The maximum Gasteiger partial charge on any atom is 0.249 e. The van der Waals surface area contributed by atoms with Crippen molar-refractivity contribution < 1.29 is 14.0 Å². The molecule has 36 heavy (non-hydrogen) atoms. The van der Waals surface area contributed by atoms with Gasteiger partial charge in [0.15, 0.2) is 5.78 Å². The molecule has 0 spiro atoms. The number of hydrogen-bond donors (Lipinski definition) is 1. The highest BCUT2D eigenvalue weighted by Crippen LogP contribution is 2.36. The summed E-state index contributed by atoms with van der Waals surface area (Å²) in [6.45, 7) is 4.74. The van der Waals surface area contributed by atoms with Crippen LogP contribution in [0, 0.1) is 12.7 Å². The van der Waals surface area contributed by atoms with Gasteiger partial charge in [0.2, 0.25) is 5.91 Å². The number of aromatic nitrogens is 2. The number of thiophene rings is 1. The molecule has 9 heteroatoms. The van der Waals surface area contributed by atoms with Gasteiger partial charge in [-0.1, -0.05) is 31.5 Å². The molecule has 1 amide bonds. The number of Topliss-reactive ketones (excluding diaryl/α,β-unsaturated/α-hetero) is 1. The summed E-state index contributed by atoms with van der Waals surface area (Å²) in [6, 6.07) is 10.5. The predicted octanol–water partition coefficient (Wildman–Crippen LogP) is 4.38. The van der Waals surface area contributed by atoms with Crippen molar-refractivity contribution in [1.29, 1.82) is 0 Å². The van der Waals surface area contributed by atoms with Gasteiger partial charge in [-0.05, 0) is 49.9 Å². The minimum atomic E-state index is -0.360. The fraction of sp³-hybridized carbons (Fsp3) is 0.407. The zero-order chi connectivity index (χ0) is 25.9. The highest BCUT2D eigenvalue weighted by Gasteiger charge is 2.41. The largest absolute Gasteiger partial charge is 0.301 e. The fourth-order valence-electron chi connectivity index (χ4n) is 5.02. The fourth-order valence-corrected chi connectivity index (χ4v) is 5.97. The molecule has 190 valence electrons. The van der Waals surface area contributed by atoms with Crippen LogP contribution in [0.5, 0.6) is 0 Å². The minimum absolute atomic E-state index is 0.00567. The van der Waals surface area contributed by atoms with E-state index in [4.69, 9.17) is 0 Å². The van der Waals surface area contributed by atoms with Crippen LogP contribution in [0.25, 0.3) is 0 Å². The van der Waals surface area contributed by atoms with Crippen LogP contribution in [0.4, 0.5) is 10.2 Å². The van der Waals surface area contributed by atoms with E-state index in [0.29, 0.717) is 28.4 Å². The molecule has 1 aromatic carbocycles. The predicted molar refractivity (Wildman–Crippen MR) is 141 cm³/mol. The van der Waals surface area contributed by atoms with Gasteiger partial charge in [0.25, 0.3) is 0 Å². The van der Waals surface area contributed by atoms with E-state index >= 15 is 0 Å². The van der Waals surface area contributed by atoms with Crippen LogP contribution >= 0.6 is 11.3 Å². The van der Waals surface area contributed by atoms with E-state index < -0.39 is 0 Å². The number of rotatable bonds is 4. The summed E-state index contributed by atoms with van der Waals surface area (Å²) in [6.07, 6.45) is 3.89. The molecule has 1 unspecified atom stereocenters. The molecule has 2 aromatic heterocycles. The maximum atomic E-state index is 14.1. The van der Waals surface area contributed by atoms with Crippen LogP contribution in [-0.4, -0.2) is 47.3 Å². The number of carbonyl (C=O) groups excluding carboxylic acids is 2. The van der Waals surface area contributed by atoms with Crippen molar-refractivity contribution in [3.8, 4) is 0 Å². The summed E-state index contributed by atoms with van der Waals surface area (Å²) >= 11 is 1.69. The molecule has 1 N–H and O–H groups in total. The molecule has 5 rings (SSSR count). The molecule has 2 aliphatic rings. The molecule has 7 nitrogen and oxygen atoms in total. The molecule has 0 radical (unpaired) electrons. The number of carbonyl (C=O) groups is 2. The first kappa shape index (κ1) is 25.9. The Kier molecular flexibility index (Phi) is 7.80. The molecule has 1 fully saturated rings. The number of amides is 1. The molecule has 1 saturated carbocycles. The summed E-state index contributed by atoms with van der Waals surface area (Å²) in [5, 5.41) is 9.81. The number of anilines is 1. The monoisotopic (exact) mass is 509 g/mol. The summed E-state index contributed by atoms with van der Waals surface area (Å²) in [4.78, 5) is 31.3. The normalized spacial score (nSPS) is 19.8. The minimum Gasteiger partial charge on any atom is -0.301 e. The van der Waals surface area contributed by atoms with E-state index in [1.807, 2.05) is 13.0 Å². The number of benzene rings is 1. The summed E-state index contributed by atoms with van der Waals surface area (Å²) in [5.74, 6) is 0.503. The van der Waals surface area contributed by atoms with E-state index in [0.717, 1.165) is 37.9 Å². The Balaban J connectivity index is 0.000000179. The average Bonchev–Trinajstić information content (AvgIpc) is 3.47. The maximum absolute atomic E-state index is 14.1. The van der Waals surface area contributed by atoms with Gasteiger partial charge in [0, 0.05) is 31.0 Å². The topological polar surface area (TPSA) is 79.6 Å². The Morgan fingerprint density at radius 3 is 2.58 bits per heavy atom. The lowest BCUT2D eigenvalue weighted by Crippen LogP contribution is -2.50. The highest BCUT2D eigenvalue weighted by molar-refractivity contribution is 7.10. The van der Waals surface area contributed by atoms with Crippen LogP contribution in [0.2, 0.25) is 0 Å². The van der Waals surface area contributed by atoms with Gasteiger partial charge in [0.05, 0.1) is 17.0 Å². The van der Waals surface area contributed by atoms with Gasteiger partial charge in [-0.3, -0.25) is 24.2 Å². The average molecular weight is 510 g/mol. The number of aliphatic imine (C=N–C) groups is 1. The number of nitrogens with one attached hydrogen (secondary N) is 1. The van der Waals surface area contributed by atoms with Crippen molar-refractivity contribution in [1.82, 2.24) is 15.1 Å². The SMILES string of the molecule is CCNC1(c2cccs2)CCCCC1=O.Cc1nn(C)c2c1C(c1ccccc1F)=NCC(=O)N2C. The van der Waals surface area contributed by atoms with Gasteiger partial charge < -0.3 is 5.32 Å². The third-order valence-electron chi connectivity index (χ3n) is 6.72. The Hall–Kier alpha value is -3.17. The van der Waals surface area contributed by atoms with Crippen molar-refractivity contribution in [2.75, 3.05) is 25.0 Å². The van der Waals surface area contributed by atoms with Crippen LogP contribution in [0.1, 0.15) is 54.3 Å². The smallest absolute Gasteiger partial charge is 0.249 e. The lowest BCUT2D eigenvalue weighted by atomic mass is 9.79. The van der Waals surface area contributed by atoms with Gasteiger partial charge in [-0.25, -0.2) is 4.39 Å². The number of likely N-dealkylation sites (N-methyl/N-ethyl adjacent to an activating group) is 2. The zero-order valence-corrected chi connectivity index (χ0v) is 22.0. The first-order valence-electron chi connectivity index (χ1n) is 12.2. The molecule has 1 aliphatic heterocycles. The van der Waals surface area contributed by atoms with Gasteiger partial charge in [-0.15, -0.1) is 11.3 Å². The highest BCUT2D eigenvalue weighted by atomic mass is 32.1. The number of fused-ring (bicyclic) bond motifs is 1. The number of halogens is 1. The van der Waals surface area contributed by atoms with Crippen LogP contribution < -0.4 is 10.2 Å². The molecule has 0 bridgehead atoms. The van der Waals surface area contributed by atoms with E-state index in [-0.39, 0.29) is 23.8 Å². The lowest BCUT2D eigenvalue weighted by molar-refractivity contribution is -0.127. The van der Waals surface area contributed by atoms with Crippen molar-refractivity contribution >= 4 is 34.6 Å². The van der Waals surface area contributed by atoms with Crippen LogP contribution in [0.15, 0.2) is 46.8 Å². The Labute approximate surface area is 215 Å². The van der Waals surface area contributed by atoms with E-state index in [1.54, 1.807) is 48.3 Å². The molecule has 1 aliphatic carbocycles. The Bertz CT molecular complexity index is 1280. The van der Waals surface area contributed by atoms with E-state index in [1.165, 1.54) is 15.8 Å². The zero-order valence-electron chi connectivity index (χ0n) is 21.2. The molecule has 3 aromatic rings. The Morgan fingerprint density at radius 1 is 1.14 bits per heavy atom. The van der Waals surface area contributed by atoms with Crippen LogP contribution in [0.3, 0.4) is 0 Å². The summed E-state index contributed by atoms with van der Waals surface area (Å²) in [5.41, 5.74) is 1.93. The summed E-state index contributed by atoms with van der Waals surface area (Å²) < 4.78 is 15.8. The van der Waals surface area contributed by atoms with Crippen LogP contribution in [-0.2, 0) is 22.2 Å². The third-order valence-corrected chi connectivity index (χ3v) is 7.76. The second-order valence-electron chi connectivity index (χ2n) is 9.05. The van der Waals surface area contributed by atoms with Gasteiger partial charge in [0.1, 0.15) is 23.7 Å². The number of hydrogen-bond acceptors (Lipinski definition) is 6. The first-order valence-corrected chi connectivity index (χ1v) is 13.1. The van der Waals surface area contributed by atoms with Crippen molar-refractivity contribution in [2.45, 2.75) is 45.1 Å². The number of ketones is 1. The second-order valence-corrected chi connectivity index (χ2v) is 10.00. The molecule has 1 atom stereocenters. The molecule has 0 saturated heterocycles. The van der Waals surface area contributed by atoms with Crippen molar-refractivity contribution in [3.63, 3.8) is 0 Å². The molecular formula is C27H32FN5O2S. The molecular weight excluding hydrogens is 477 g/mol. The van der Waals surface area contributed by atoms with Crippen molar-refractivity contribution in [2.24, 2.45) is 12.0 Å². The number of aryl methyl sites for hydroxylation is 2. The first-order chi connectivity index (χ1) is 17.3. The standard InChI is InChI=1S/C15H15FN4O.C12H17NOS/c1-9-13-14(10-6-4-5-7-11(10)16)17-8-12(21)19(2)15(13)20(3)18-9;1-2-13-12(11-7-5-9-15-11)8-4-3-6-10(12)14/h4-7H,8H2,1-3H3;5,7,9,13H,2-4,6,8H2,1H3. The van der Waals surface area contributed by atoms with E-state index in [2.05, 4.69) is 33.8 Å². The van der Waals surface area contributed by atoms with E-state index in [9.17, 15) is 14.0 Å². The lowest BCUT2D eigenvalue weighted by Gasteiger charge is -2.35.